The van der Waals surface area contributed by atoms with E-state index < -0.39 is 9.84 Å². The van der Waals surface area contributed by atoms with Crippen molar-refractivity contribution in [2.45, 2.75) is 29.8 Å². The van der Waals surface area contributed by atoms with Crippen molar-refractivity contribution < 1.29 is 8.42 Å². The number of hydrogen-bond donors (Lipinski definition) is 0. The first-order chi connectivity index (χ1) is 15.0. The minimum Gasteiger partial charge on any atom is -0.302 e. The Balaban J connectivity index is 1.49. The Kier molecular flexibility index (Phi) is 6.25. The molecule has 1 atom stereocenters. The van der Waals surface area contributed by atoms with E-state index >= 15 is 0 Å². The Morgan fingerprint density at radius 3 is 2.65 bits per heavy atom. The number of nitrogens with zero attached hydrogens (tertiary/aromatic N) is 4. The molecule has 8 heteroatoms. The fourth-order valence-electron chi connectivity index (χ4n) is 3.77. The van der Waals surface area contributed by atoms with Gasteiger partial charge in [-0.15, -0.1) is 16.8 Å². The maximum absolute atomic E-state index is 11.9. The number of benzene rings is 2. The van der Waals surface area contributed by atoms with E-state index in [-0.39, 0.29) is 17.4 Å². The van der Waals surface area contributed by atoms with E-state index in [2.05, 4.69) is 35.0 Å². The highest BCUT2D eigenvalue weighted by Crippen LogP contribution is 2.31. The Hall–Kier alpha value is -2.89. The van der Waals surface area contributed by atoms with Crippen LogP contribution in [0.2, 0.25) is 0 Å². The summed E-state index contributed by atoms with van der Waals surface area (Å²) in [5.41, 5.74) is 3.71. The third-order valence-electron chi connectivity index (χ3n) is 5.34. The molecule has 3 aromatic rings. The number of rotatable bonds is 7. The van der Waals surface area contributed by atoms with E-state index in [1.165, 1.54) is 0 Å². The molecule has 2 aromatic carbocycles. The molecule has 1 aliphatic heterocycles. The van der Waals surface area contributed by atoms with Crippen LogP contribution >= 0.6 is 11.8 Å². The fourth-order valence-corrected chi connectivity index (χ4v) is 6.42. The van der Waals surface area contributed by atoms with Gasteiger partial charge in [0, 0.05) is 18.2 Å². The van der Waals surface area contributed by atoms with Gasteiger partial charge in [0.25, 0.3) is 0 Å². The van der Waals surface area contributed by atoms with Gasteiger partial charge in [-0.25, -0.2) is 8.42 Å². The van der Waals surface area contributed by atoms with E-state index in [4.69, 9.17) is 0 Å². The van der Waals surface area contributed by atoms with Gasteiger partial charge in [0.05, 0.1) is 23.1 Å². The van der Waals surface area contributed by atoms with Gasteiger partial charge in [-0.3, -0.25) is 0 Å². The standard InChI is InChI=1S/C23H22N4O2S2/c1-2-12-27-22(20-11-13-31(28,29)16-20)25-26-23(27)30-15-17-7-9-18(10-8-17)21-6-4-3-5-19(21)14-24/h2-10,20H,1,11-13,15-16H2. The molecule has 1 aliphatic rings. The van der Waals surface area contributed by atoms with Gasteiger partial charge in [0.2, 0.25) is 0 Å². The van der Waals surface area contributed by atoms with Crippen molar-refractivity contribution in [1.82, 2.24) is 14.8 Å². The van der Waals surface area contributed by atoms with E-state index in [0.29, 0.717) is 24.3 Å². The first kappa shape index (κ1) is 21.3. The van der Waals surface area contributed by atoms with E-state index in [0.717, 1.165) is 27.7 Å². The number of nitriles is 1. The molecule has 2 heterocycles. The van der Waals surface area contributed by atoms with Crippen molar-refractivity contribution in [2.24, 2.45) is 0 Å². The van der Waals surface area contributed by atoms with E-state index in [1.807, 2.05) is 41.0 Å². The summed E-state index contributed by atoms with van der Waals surface area (Å²) in [5, 5.41) is 18.7. The van der Waals surface area contributed by atoms with Crippen LogP contribution in [0.15, 0.2) is 66.3 Å². The summed E-state index contributed by atoms with van der Waals surface area (Å²) in [6, 6.07) is 17.9. The highest BCUT2D eigenvalue weighted by molar-refractivity contribution is 7.98. The summed E-state index contributed by atoms with van der Waals surface area (Å²) in [6.07, 6.45) is 2.37. The minimum atomic E-state index is -2.99. The van der Waals surface area contributed by atoms with Gasteiger partial charge in [-0.1, -0.05) is 60.3 Å². The molecule has 0 saturated carbocycles. The average Bonchev–Trinajstić information content (AvgIpc) is 3.35. The molecule has 0 N–H and O–H groups in total. The summed E-state index contributed by atoms with van der Waals surface area (Å²) in [6.45, 7) is 4.36. The SMILES string of the molecule is C=CCn1c(SCc2ccc(-c3ccccc3C#N)cc2)nnc1C1CCS(=O)(=O)C1. The summed E-state index contributed by atoms with van der Waals surface area (Å²) >= 11 is 1.57. The lowest BCUT2D eigenvalue weighted by atomic mass is 10.00. The van der Waals surface area contributed by atoms with Crippen LogP contribution in [0.5, 0.6) is 0 Å². The first-order valence-corrected chi connectivity index (χ1v) is 12.8. The number of thioether (sulfide) groups is 1. The molecule has 31 heavy (non-hydrogen) atoms. The van der Waals surface area contributed by atoms with Crippen LogP contribution in [0.25, 0.3) is 11.1 Å². The third kappa shape index (κ3) is 4.73. The molecule has 0 amide bonds. The predicted octanol–water partition coefficient (Wildman–Crippen LogP) is 4.20. The molecular formula is C23H22N4O2S2. The molecule has 0 bridgehead atoms. The van der Waals surface area contributed by atoms with Crippen LogP contribution in [-0.2, 0) is 22.1 Å². The molecule has 0 radical (unpaired) electrons. The van der Waals surface area contributed by atoms with Crippen LogP contribution in [0.1, 0.15) is 29.3 Å². The molecule has 0 spiro atoms. The van der Waals surface area contributed by atoms with Crippen molar-refractivity contribution in [1.29, 1.82) is 5.26 Å². The third-order valence-corrected chi connectivity index (χ3v) is 8.14. The van der Waals surface area contributed by atoms with Crippen molar-refractivity contribution >= 4 is 21.6 Å². The lowest BCUT2D eigenvalue weighted by Gasteiger charge is -2.11. The highest BCUT2D eigenvalue weighted by Gasteiger charge is 2.33. The first-order valence-electron chi connectivity index (χ1n) is 9.96. The molecule has 1 saturated heterocycles. The summed E-state index contributed by atoms with van der Waals surface area (Å²) in [4.78, 5) is 0. The Morgan fingerprint density at radius 2 is 1.97 bits per heavy atom. The van der Waals surface area contributed by atoms with Crippen molar-refractivity contribution in [3.63, 3.8) is 0 Å². The zero-order valence-corrected chi connectivity index (χ0v) is 18.6. The summed E-state index contributed by atoms with van der Waals surface area (Å²) in [5.74, 6) is 1.68. The summed E-state index contributed by atoms with van der Waals surface area (Å²) in [7, 11) is -2.99. The molecule has 4 rings (SSSR count). The molecule has 0 aliphatic carbocycles. The van der Waals surface area contributed by atoms with Gasteiger partial charge < -0.3 is 4.57 Å². The van der Waals surface area contributed by atoms with Crippen LogP contribution < -0.4 is 0 Å². The van der Waals surface area contributed by atoms with Crippen LogP contribution in [-0.4, -0.2) is 34.7 Å². The molecule has 1 unspecified atom stereocenters. The van der Waals surface area contributed by atoms with Gasteiger partial charge in [-0.05, 0) is 29.2 Å². The number of allylic oxidation sites excluding steroid dienone is 1. The second kappa shape index (κ2) is 9.08. The average molecular weight is 451 g/mol. The monoisotopic (exact) mass is 450 g/mol. The summed E-state index contributed by atoms with van der Waals surface area (Å²) < 4.78 is 25.7. The molecule has 1 fully saturated rings. The lowest BCUT2D eigenvalue weighted by molar-refractivity contribution is 0.597. The van der Waals surface area contributed by atoms with Gasteiger partial charge >= 0.3 is 0 Å². The Bertz CT molecular complexity index is 1240. The van der Waals surface area contributed by atoms with E-state index in [1.54, 1.807) is 17.8 Å². The van der Waals surface area contributed by atoms with Crippen molar-refractivity contribution in [3.05, 3.63) is 78.1 Å². The van der Waals surface area contributed by atoms with Crippen molar-refractivity contribution in [2.75, 3.05) is 11.5 Å². The second-order valence-corrected chi connectivity index (χ2v) is 10.7. The number of sulfone groups is 1. The zero-order valence-electron chi connectivity index (χ0n) is 16.9. The van der Waals surface area contributed by atoms with Gasteiger partial charge in [0.15, 0.2) is 15.0 Å². The Labute approximate surface area is 186 Å². The Morgan fingerprint density at radius 1 is 1.19 bits per heavy atom. The van der Waals surface area contributed by atoms with E-state index in [9.17, 15) is 13.7 Å². The largest absolute Gasteiger partial charge is 0.302 e. The molecular weight excluding hydrogens is 428 g/mol. The normalized spacial score (nSPS) is 17.3. The smallest absolute Gasteiger partial charge is 0.191 e. The van der Waals surface area contributed by atoms with Crippen LogP contribution in [0.3, 0.4) is 0 Å². The molecule has 158 valence electrons. The molecule has 6 nitrogen and oxygen atoms in total. The topological polar surface area (TPSA) is 88.6 Å². The van der Waals surface area contributed by atoms with Gasteiger partial charge in [0.1, 0.15) is 5.82 Å². The quantitative estimate of drug-likeness (QED) is 0.396. The number of hydrogen-bond acceptors (Lipinski definition) is 6. The maximum atomic E-state index is 11.9. The second-order valence-electron chi connectivity index (χ2n) is 7.48. The maximum Gasteiger partial charge on any atom is 0.191 e. The van der Waals surface area contributed by atoms with Crippen molar-refractivity contribution in [3.8, 4) is 17.2 Å². The van der Waals surface area contributed by atoms with Gasteiger partial charge in [-0.2, -0.15) is 5.26 Å². The molecule has 1 aromatic heterocycles. The number of aromatic nitrogens is 3. The highest BCUT2D eigenvalue weighted by atomic mass is 32.2. The fraction of sp³-hybridized carbons (Fsp3) is 0.261. The zero-order chi connectivity index (χ0) is 21.8. The predicted molar refractivity (Wildman–Crippen MR) is 122 cm³/mol. The van der Waals surface area contributed by atoms with Crippen LogP contribution in [0, 0.1) is 11.3 Å². The lowest BCUT2D eigenvalue weighted by Crippen LogP contribution is -2.11. The van der Waals surface area contributed by atoms with Crippen LogP contribution in [0.4, 0.5) is 0 Å². The minimum absolute atomic E-state index is 0.105.